The number of carbonyl (C=O) groups excluding carboxylic acids is 1. The van der Waals surface area contributed by atoms with Crippen LogP contribution in [0.3, 0.4) is 0 Å². The topological polar surface area (TPSA) is 61.4 Å². The molecule has 0 unspecified atom stereocenters. The number of carbonyl (C=O) groups is 1. The summed E-state index contributed by atoms with van der Waals surface area (Å²) >= 11 is 0. The van der Waals surface area contributed by atoms with Gasteiger partial charge in [0.05, 0.1) is 6.61 Å². The lowest BCUT2D eigenvalue weighted by Crippen LogP contribution is -2.32. The van der Waals surface area contributed by atoms with Crippen molar-refractivity contribution in [3.8, 4) is 0 Å². The van der Waals surface area contributed by atoms with E-state index in [1.54, 1.807) is 0 Å². The van der Waals surface area contributed by atoms with Gasteiger partial charge in [-0.05, 0) is 37.5 Å². The largest absolute Gasteiger partial charge is 0.396 e. The van der Waals surface area contributed by atoms with Crippen molar-refractivity contribution in [3.63, 3.8) is 0 Å². The van der Waals surface area contributed by atoms with E-state index in [1.807, 2.05) is 32.0 Å². The third kappa shape index (κ3) is 4.46. The highest BCUT2D eigenvalue weighted by Gasteiger charge is 2.25. The van der Waals surface area contributed by atoms with E-state index in [1.165, 1.54) is 0 Å². The van der Waals surface area contributed by atoms with E-state index in [0.29, 0.717) is 6.42 Å². The fourth-order valence-corrected chi connectivity index (χ4v) is 2.26. The molecule has 0 saturated carbocycles. The molecular weight excluding hydrogens is 264 g/mol. The quantitative estimate of drug-likeness (QED) is 0.686. The Bertz CT molecular complexity index is 460. The van der Waals surface area contributed by atoms with Crippen molar-refractivity contribution in [1.82, 2.24) is 0 Å². The predicted molar refractivity (Wildman–Crippen MR) is 88.7 cm³/mol. The molecule has 0 atom stereocenters. The number of amides is 1. The molecule has 0 aliphatic carbocycles. The number of anilines is 2. The van der Waals surface area contributed by atoms with Crippen molar-refractivity contribution in [2.75, 3.05) is 23.8 Å². The average molecular weight is 292 g/mol. The van der Waals surface area contributed by atoms with E-state index in [4.69, 9.17) is 0 Å². The maximum absolute atomic E-state index is 11.5. The van der Waals surface area contributed by atoms with Gasteiger partial charge in [-0.25, -0.2) is 0 Å². The van der Waals surface area contributed by atoms with Gasteiger partial charge in [-0.3, -0.25) is 4.79 Å². The number of hydrogen-bond acceptors (Lipinski definition) is 3. The number of aliphatic hydroxyl groups excluding tert-OH is 1. The molecule has 0 aliphatic rings. The van der Waals surface area contributed by atoms with Gasteiger partial charge in [-0.15, -0.1) is 0 Å². The van der Waals surface area contributed by atoms with Gasteiger partial charge in [-0.2, -0.15) is 0 Å². The Morgan fingerprint density at radius 1 is 1.19 bits per heavy atom. The lowest BCUT2D eigenvalue weighted by atomic mass is 9.83. The molecule has 0 aromatic heterocycles. The SMILES string of the molecule is CCC(=O)Nc1cccc(NCC(CC)(CC)CO)c1C. The highest BCUT2D eigenvalue weighted by Crippen LogP contribution is 2.29. The van der Waals surface area contributed by atoms with Gasteiger partial charge in [0.25, 0.3) is 0 Å². The van der Waals surface area contributed by atoms with Gasteiger partial charge in [0.1, 0.15) is 0 Å². The zero-order valence-electron chi connectivity index (χ0n) is 13.6. The molecule has 1 aromatic rings. The summed E-state index contributed by atoms with van der Waals surface area (Å²) in [7, 11) is 0. The molecule has 1 amide bonds. The number of hydrogen-bond donors (Lipinski definition) is 3. The number of nitrogens with one attached hydrogen (secondary N) is 2. The van der Waals surface area contributed by atoms with Gasteiger partial charge in [0.15, 0.2) is 0 Å². The van der Waals surface area contributed by atoms with Crippen molar-refractivity contribution in [2.24, 2.45) is 5.41 Å². The van der Waals surface area contributed by atoms with E-state index >= 15 is 0 Å². The van der Waals surface area contributed by atoms with Crippen molar-refractivity contribution in [2.45, 2.75) is 47.0 Å². The summed E-state index contributed by atoms with van der Waals surface area (Å²) in [5.74, 6) is 0.0158. The average Bonchev–Trinajstić information content (AvgIpc) is 2.52. The molecule has 0 bridgehead atoms. The minimum absolute atomic E-state index is 0.0158. The van der Waals surface area contributed by atoms with Crippen LogP contribution in [0.15, 0.2) is 18.2 Å². The molecule has 21 heavy (non-hydrogen) atoms. The minimum Gasteiger partial charge on any atom is -0.396 e. The second-order valence-corrected chi connectivity index (χ2v) is 5.60. The molecule has 4 nitrogen and oxygen atoms in total. The summed E-state index contributed by atoms with van der Waals surface area (Å²) in [5, 5.41) is 16.0. The van der Waals surface area contributed by atoms with Crippen LogP contribution in [0.2, 0.25) is 0 Å². The maximum atomic E-state index is 11.5. The normalized spacial score (nSPS) is 11.3. The van der Waals surface area contributed by atoms with E-state index in [0.717, 1.165) is 36.3 Å². The second kappa shape index (κ2) is 8.03. The first-order valence-corrected chi connectivity index (χ1v) is 7.76. The Labute approximate surface area is 128 Å². The monoisotopic (exact) mass is 292 g/mol. The zero-order chi connectivity index (χ0) is 15.9. The maximum Gasteiger partial charge on any atom is 0.224 e. The van der Waals surface area contributed by atoms with Crippen LogP contribution in [0.4, 0.5) is 11.4 Å². The zero-order valence-corrected chi connectivity index (χ0v) is 13.6. The van der Waals surface area contributed by atoms with E-state index < -0.39 is 0 Å². The molecule has 0 fully saturated rings. The molecule has 0 aliphatic heterocycles. The minimum atomic E-state index is -0.0882. The molecule has 1 aromatic carbocycles. The number of rotatable bonds is 8. The van der Waals surface area contributed by atoms with Crippen LogP contribution in [-0.4, -0.2) is 24.2 Å². The molecular formula is C17H28N2O2. The Balaban J connectivity index is 2.85. The molecule has 0 heterocycles. The molecule has 0 radical (unpaired) electrons. The summed E-state index contributed by atoms with van der Waals surface area (Å²) in [4.78, 5) is 11.5. The molecule has 4 heteroatoms. The third-order valence-electron chi connectivity index (χ3n) is 4.42. The van der Waals surface area contributed by atoms with E-state index in [-0.39, 0.29) is 17.9 Å². The van der Waals surface area contributed by atoms with Crippen molar-refractivity contribution >= 4 is 17.3 Å². The van der Waals surface area contributed by atoms with Crippen LogP contribution in [0.5, 0.6) is 0 Å². The van der Waals surface area contributed by atoms with Crippen LogP contribution in [0.25, 0.3) is 0 Å². The first-order valence-electron chi connectivity index (χ1n) is 7.76. The molecule has 0 spiro atoms. The van der Waals surface area contributed by atoms with Crippen molar-refractivity contribution in [3.05, 3.63) is 23.8 Å². The van der Waals surface area contributed by atoms with Gasteiger partial charge in [-0.1, -0.05) is 26.8 Å². The highest BCUT2D eigenvalue weighted by molar-refractivity contribution is 5.92. The lowest BCUT2D eigenvalue weighted by molar-refractivity contribution is -0.115. The summed E-state index contributed by atoms with van der Waals surface area (Å²) in [6.07, 6.45) is 2.33. The van der Waals surface area contributed by atoms with Gasteiger partial charge in [0.2, 0.25) is 5.91 Å². The van der Waals surface area contributed by atoms with Crippen LogP contribution in [-0.2, 0) is 4.79 Å². The van der Waals surface area contributed by atoms with Crippen LogP contribution < -0.4 is 10.6 Å². The number of aliphatic hydroxyl groups is 1. The van der Waals surface area contributed by atoms with Gasteiger partial charge in [0, 0.05) is 29.8 Å². The Morgan fingerprint density at radius 3 is 2.33 bits per heavy atom. The fourth-order valence-electron chi connectivity index (χ4n) is 2.26. The van der Waals surface area contributed by atoms with Crippen molar-refractivity contribution in [1.29, 1.82) is 0 Å². The van der Waals surface area contributed by atoms with E-state index in [9.17, 15) is 9.90 Å². The summed E-state index contributed by atoms with van der Waals surface area (Å²) in [6, 6.07) is 5.84. The van der Waals surface area contributed by atoms with Gasteiger partial charge >= 0.3 is 0 Å². The Morgan fingerprint density at radius 2 is 1.81 bits per heavy atom. The second-order valence-electron chi connectivity index (χ2n) is 5.60. The molecule has 118 valence electrons. The summed E-state index contributed by atoms with van der Waals surface area (Å²) < 4.78 is 0. The summed E-state index contributed by atoms with van der Waals surface area (Å²) in [5.41, 5.74) is 2.78. The third-order valence-corrected chi connectivity index (χ3v) is 4.42. The molecule has 3 N–H and O–H groups in total. The van der Waals surface area contributed by atoms with Crippen molar-refractivity contribution < 1.29 is 9.90 Å². The summed E-state index contributed by atoms with van der Waals surface area (Å²) in [6.45, 7) is 8.94. The predicted octanol–water partition coefficient (Wildman–Crippen LogP) is 3.55. The van der Waals surface area contributed by atoms with Crippen LogP contribution >= 0.6 is 0 Å². The lowest BCUT2D eigenvalue weighted by Gasteiger charge is -2.30. The standard InChI is InChI=1S/C17H28N2O2/c1-5-16(21)19-15-10-8-9-14(13(15)4)18-11-17(6-2,7-3)12-20/h8-10,18,20H,5-7,11-12H2,1-4H3,(H,19,21). The molecule has 1 rings (SSSR count). The smallest absolute Gasteiger partial charge is 0.224 e. The first-order chi connectivity index (χ1) is 10.0. The van der Waals surface area contributed by atoms with Gasteiger partial charge < -0.3 is 15.7 Å². The fraction of sp³-hybridized carbons (Fsp3) is 0.588. The number of benzene rings is 1. The Kier molecular flexibility index (Phi) is 6.69. The highest BCUT2D eigenvalue weighted by atomic mass is 16.3. The van der Waals surface area contributed by atoms with Crippen LogP contribution in [0, 0.1) is 12.3 Å². The van der Waals surface area contributed by atoms with E-state index in [2.05, 4.69) is 24.5 Å². The molecule has 0 saturated heterocycles. The Hall–Kier alpha value is -1.55. The first kappa shape index (κ1) is 17.5. The van der Waals surface area contributed by atoms with Crippen LogP contribution in [0.1, 0.15) is 45.6 Å².